The molecule has 0 atom stereocenters. The van der Waals surface area contributed by atoms with Crippen molar-refractivity contribution in [1.82, 2.24) is 0 Å². The molecule has 0 aromatic heterocycles. The summed E-state index contributed by atoms with van der Waals surface area (Å²) in [4.78, 5) is 0. The van der Waals surface area contributed by atoms with Gasteiger partial charge in [-0.25, -0.2) is 0 Å². The first-order valence-corrected chi connectivity index (χ1v) is 5.65. The zero-order chi connectivity index (χ0) is 12.5. The Hall–Kier alpha value is -1.11. The van der Waals surface area contributed by atoms with Crippen molar-refractivity contribution < 1.29 is 32.4 Å². The second-order valence-corrected chi connectivity index (χ2v) is 4.44. The molecule has 0 aliphatic rings. The third kappa shape index (κ3) is 3.44. The van der Waals surface area contributed by atoms with Gasteiger partial charge in [-0.2, -0.15) is 0 Å². The maximum atomic E-state index is 12.4. The molecule has 0 radical (unpaired) electrons. The Labute approximate surface area is 115 Å². The Bertz CT molecular complexity index is 498. The molecule has 2 aromatic carbocycles. The van der Waals surface area contributed by atoms with Crippen molar-refractivity contribution in [2.75, 3.05) is 0 Å². The van der Waals surface area contributed by atoms with Gasteiger partial charge >= 0.3 is 108 Å². The molecule has 0 aliphatic heterocycles. The van der Waals surface area contributed by atoms with Crippen molar-refractivity contribution in [3.8, 4) is 11.1 Å². The molecular weight excluding hydrogens is 332 g/mol. The van der Waals surface area contributed by atoms with E-state index in [0.717, 1.165) is 27.3 Å². The van der Waals surface area contributed by atoms with Crippen molar-refractivity contribution in [2.24, 2.45) is 0 Å². The van der Waals surface area contributed by atoms with E-state index in [4.69, 9.17) is 0 Å². The fourth-order valence-electron chi connectivity index (χ4n) is 1.48. The van der Waals surface area contributed by atoms with Crippen LogP contribution in [0, 0.1) is 0 Å². The summed E-state index contributed by atoms with van der Waals surface area (Å²) in [6.45, 7) is 0. The van der Waals surface area contributed by atoms with Gasteiger partial charge in [0.25, 0.3) is 0 Å². The first-order chi connectivity index (χ1) is 7.97. The van der Waals surface area contributed by atoms with E-state index < -0.39 is 11.7 Å². The number of benzene rings is 2. The van der Waals surface area contributed by atoms with E-state index in [9.17, 15) is 13.2 Å². The van der Waals surface area contributed by atoms with Crippen LogP contribution in [0.15, 0.2) is 48.5 Å². The zero-order valence-electron chi connectivity index (χ0n) is 8.57. The summed E-state index contributed by atoms with van der Waals surface area (Å²) in [7, 11) is 0. The van der Waals surface area contributed by atoms with Gasteiger partial charge in [0.2, 0.25) is 0 Å². The molecule has 0 saturated carbocycles. The Balaban J connectivity index is 0.00000162. The van der Waals surface area contributed by atoms with Crippen LogP contribution in [0.25, 0.3) is 11.1 Å². The standard InChI is InChI=1S/C13H8F3.CH4.Pd/c14-13(15,16)12-8-6-11(7-9-12)10-4-2-1-3-5-10;;/h2-9H;1H4;. The van der Waals surface area contributed by atoms with Gasteiger partial charge in [0.1, 0.15) is 0 Å². The van der Waals surface area contributed by atoms with Crippen molar-refractivity contribution in [3.63, 3.8) is 0 Å². The number of hydrogen-bond acceptors (Lipinski definition) is 0. The quantitative estimate of drug-likeness (QED) is 0.681. The minimum absolute atomic E-state index is 0. The van der Waals surface area contributed by atoms with Gasteiger partial charge in [-0.15, -0.1) is 0 Å². The van der Waals surface area contributed by atoms with Gasteiger partial charge in [0.15, 0.2) is 0 Å². The van der Waals surface area contributed by atoms with Crippen molar-refractivity contribution in [1.29, 1.82) is 0 Å². The molecule has 0 bridgehead atoms. The number of rotatable bonds is 1. The Kier molecular flexibility index (Phi) is 4.72. The molecule has 0 N–H and O–H groups in total. The molecule has 0 heterocycles. The van der Waals surface area contributed by atoms with Gasteiger partial charge in [0, 0.05) is 0 Å². The predicted octanol–water partition coefficient (Wildman–Crippen LogP) is 4.18. The molecule has 18 heavy (non-hydrogen) atoms. The van der Waals surface area contributed by atoms with Crippen LogP contribution in [-0.2, 0) is 25.4 Å². The molecule has 4 heteroatoms. The third-order valence-corrected chi connectivity index (χ3v) is 2.89. The van der Waals surface area contributed by atoms with Crippen LogP contribution in [0.3, 0.4) is 0 Å². The van der Waals surface area contributed by atoms with E-state index in [1.165, 1.54) is 12.1 Å². The monoisotopic (exact) mass is 343 g/mol. The van der Waals surface area contributed by atoms with Crippen LogP contribution in [0.1, 0.15) is 13.0 Å². The summed E-state index contributed by atoms with van der Waals surface area (Å²) >= 11 is 3.04. The average Bonchev–Trinajstić information content (AvgIpc) is 2.29. The second kappa shape index (κ2) is 5.69. The molecule has 0 amide bonds. The molecule has 0 saturated heterocycles. The predicted molar refractivity (Wildman–Crippen MR) is 63.2 cm³/mol. The van der Waals surface area contributed by atoms with Crippen LogP contribution in [-0.4, -0.2) is 0 Å². The SMILES string of the molecule is C.FC(F)(F)c1ccc(-c2cc[c]([Pd])cc2)cc1. The summed E-state index contributed by atoms with van der Waals surface area (Å²) in [5.74, 6) is 0. The first-order valence-electron chi connectivity index (χ1n) is 4.87. The summed E-state index contributed by atoms with van der Waals surface area (Å²) in [6, 6.07) is 12.6. The molecule has 99 valence electrons. The Morgan fingerprint density at radius 2 is 1.11 bits per heavy atom. The van der Waals surface area contributed by atoms with Crippen LogP contribution in [0.5, 0.6) is 0 Å². The fourth-order valence-corrected chi connectivity index (χ4v) is 1.74. The van der Waals surface area contributed by atoms with E-state index in [1.54, 1.807) is 0 Å². The molecule has 0 aliphatic carbocycles. The van der Waals surface area contributed by atoms with E-state index in [0.29, 0.717) is 0 Å². The summed E-state index contributed by atoms with van der Waals surface area (Å²) in [5.41, 5.74) is 1.05. The van der Waals surface area contributed by atoms with E-state index in [1.807, 2.05) is 24.3 Å². The van der Waals surface area contributed by atoms with E-state index >= 15 is 0 Å². The van der Waals surface area contributed by atoms with Gasteiger partial charge in [-0.1, -0.05) is 7.43 Å². The third-order valence-electron chi connectivity index (χ3n) is 2.37. The molecule has 0 spiro atoms. The van der Waals surface area contributed by atoms with Crippen LogP contribution in [0.2, 0.25) is 0 Å². The average molecular weight is 344 g/mol. The van der Waals surface area contributed by atoms with Crippen LogP contribution >= 0.6 is 0 Å². The number of alkyl halides is 3. The molecule has 2 rings (SSSR count). The number of hydrogen-bond donors (Lipinski definition) is 0. The van der Waals surface area contributed by atoms with E-state index in [-0.39, 0.29) is 7.43 Å². The summed E-state index contributed by atoms with van der Waals surface area (Å²) < 4.78 is 38.1. The first kappa shape index (κ1) is 15.0. The minimum atomic E-state index is -4.28. The Morgan fingerprint density at radius 3 is 1.50 bits per heavy atom. The van der Waals surface area contributed by atoms with Gasteiger partial charge < -0.3 is 0 Å². The van der Waals surface area contributed by atoms with Crippen molar-refractivity contribution >= 4 is 4.04 Å². The van der Waals surface area contributed by atoms with Crippen molar-refractivity contribution in [3.05, 3.63) is 54.1 Å². The zero-order valence-corrected chi connectivity index (χ0v) is 10.1. The van der Waals surface area contributed by atoms with Gasteiger partial charge in [-0.05, 0) is 0 Å². The topological polar surface area (TPSA) is 0 Å². The Morgan fingerprint density at radius 1 is 0.722 bits per heavy atom. The molecule has 0 fully saturated rings. The molecule has 2 aromatic rings. The fraction of sp³-hybridized carbons (Fsp3) is 0.143. The second-order valence-electron chi connectivity index (χ2n) is 3.55. The van der Waals surface area contributed by atoms with Crippen molar-refractivity contribution in [2.45, 2.75) is 13.6 Å². The molecule has 0 nitrogen and oxygen atoms in total. The normalized spacial score (nSPS) is 10.9. The molecule has 0 unspecified atom stereocenters. The van der Waals surface area contributed by atoms with E-state index in [2.05, 4.69) is 19.2 Å². The van der Waals surface area contributed by atoms with Gasteiger partial charge in [0.05, 0.1) is 0 Å². The maximum absolute atomic E-state index is 12.4. The summed E-state index contributed by atoms with van der Waals surface area (Å²) in [5, 5.41) is 0. The molecular formula is C14H12F3Pd. The summed E-state index contributed by atoms with van der Waals surface area (Å²) in [6.07, 6.45) is -4.28. The number of halogens is 3. The van der Waals surface area contributed by atoms with Gasteiger partial charge in [-0.3, -0.25) is 0 Å². The van der Waals surface area contributed by atoms with Crippen LogP contribution < -0.4 is 4.04 Å². The van der Waals surface area contributed by atoms with Crippen LogP contribution in [0.4, 0.5) is 13.2 Å².